The van der Waals surface area contributed by atoms with Gasteiger partial charge >= 0.3 is 0 Å². The first kappa shape index (κ1) is 23.6. The number of anilines is 1. The molecule has 0 amide bonds. The van der Waals surface area contributed by atoms with Gasteiger partial charge in [0.05, 0.1) is 0 Å². The topological polar surface area (TPSA) is 35.5 Å². The lowest BCUT2D eigenvalue weighted by Crippen LogP contribution is -2.27. The highest BCUT2D eigenvalue weighted by atomic mass is 16.3. The second kappa shape index (κ2) is 10.3. The predicted octanol–water partition coefficient (Wildman–Crippen LogP) is 7.00. The minimum Gasteiger partial charge on any atom is -0.508 e. The lowest BCUT2D eigenvalue weighted by atomic mass is 9.69. The van der Waals surface area contributed by atoms with Crippen molar-refractivity contribution >= 4 is 5.69 Å². The minimum absolute atomic E-state index is 0.316. The van der Waals surface area contributed by atoms with E-state index in [1.807, 2.05) is 12.1 Å². The van der Waals surface area contributed by atoms with Crippen LogP contribution in [0.5, 0.6) is 5.75 Å². The number of phenolic OH excluding ortho intramolecular Hbond substituents is 1. The summed E-state index contributed by atoms with van der Waals surface area (Å²) in [7, 11) is 0. The molecule has 1 spiro atoms. The number of fused-ring (bicyclic) bond motifs is 1. The van der Waals surface area contributed by atoms with E-state index in [1.165, 1.54) is 92.6 Å². The summed E-state index contributed by atoms with van der Waals surface area (Å²) < 4.78 is 0. The number of hydrogen-bond acceptors (Lipinski definition) is 3. The molecular weight excluding hydrogens is 440 g/mol. The van der Waals surface area contributed by atoms with E-state index in [0.29, 0.717) is 23.0 Å². The van der Waals surface area contributed by atoms with Crippen molar-refractivity contribution in [1.29, 1.82) is 0 Å². The van der Waals surface area contributed by atoms with Crippen molar-refractivity contribution in [3.63, 3.8) is 0 Å². The van der Waals surface area contributed by atoms with Crippen LogP contribution in [0.25, 0.3) is 0 Å². The van der Waals surface area contributed by atoms with E-state index >= 15 is 0 Å². The molecule has 0 bridgehead atoms. The Morgan fingerprint density at radius 2 is 1.61 bits per heavy atom. The second-order valence-electron chi connectivity index (χ2n) is 11.5. The fraction of sp³-hybridized carbons (Fsp3) is 0.455. The Balaban J connectivity index is 1.26. The highest BCUT2D eigenvalue weighted by molar-refractivity contribution is 5.52. The molecule has 1 aliphatic carbocycles. The third-order valence-electron chi connectivity index (χ3n) is 9.37. The molecule has 0 saturated carbocycles. The third kappa shape index (κ3) is 4.78. The normalized spacial score (nSPS) is 26.7. The van der Waals surface area contributed by atoms with Crippen LogP contribution < -0.4 is 10.2 Å². The number of rotatable bonds is 3. The van der Waals surface area contributed by atoms with Crippen LogP contribution in [0.1, 0.15) is 79.0 Å². The maximum absolute atomic E-state index is 10.1. The van der Waals surface area contributed by atoms with Gasteiger partial charge in [-0.1, -0.05) is 48.5 Å². The molecule has 1 unspecified atom stereocenters. The SMILES string of the molecule is Oc1ccc2c(c1)CC[C@H](c1ccccc1)[C@@H]2c1ccc(N2CCCC3(CCCNCC3)CC2)cc1. The molecule has 2 aliphatic heterocycles. The zero-order valence-corrected chi connectivity index (χ0v) is 21.5. The standard InChI is InChI=1S/C33H40N2O/c36-29-13-15-31-27(24-29)10-14-30(25-6-2-1-3-7-25)32(31)26-8-11-28(12-9-26)35-22-5-17-33(19-23-35)16-4-20-34-21-18-33/h1-3,6-9,11-13,15,24,30,32,34,36H,4-5,10,14,16-23H2/t30-,32+,33?/m1/s1. The van der Waals surface area contributed by atoms with Crippen LogP contribution in [-0.4, -0.2) is 31.3 Å². The van der Waals surface area contributed by atoms with Crippen molar-refractivity contribution in [2.24, 2.45) is 5.41 Å². The van der Waals surface area contributed by atoms with Crippen molar-refractivity contribution in [3.8, 4) is 5.75 Å². The molecule has 2 heterocycles. The molecule has 3 aromatic carbocycles. The summed E-state index contributed by atoms with van der Waals surface area (Å²) >= 11 is 0. The first-order valence-corrected chi connectivity index (χ1v) is 14.1. The molecule has 0 radical (unpaired) electrons. The molecule has 2 N–H and O–H groups in total. The van der Waals surface area contributed by atoms with Gasteiger partial charge in [-0.05, 0) is 122 Å². The fourth-order valence-corrected chi connectivity index (χ4v) is 7.37. The van der Waals surface area contributed by atoms with Crippen molar-refractivity contribution in [3.05, 3.63) is 95.1 Å². The van der Waals surface area contributed by atoms with Gasteiger partial charge < -0.3 is 15.3 Å². The number of nitrogens with one attached hydrogen (secondary N) is 1. The molecule has 3 atom stereocenters. The first-order chi connectivity index (χ1) is 17.7. The van der Waals surface area contributed by atoms with Gasteiger partial charge in [0.25, 0.3) is 0 Å². The lowest BCUT2D eigenvalue weighted by molar-refractivity contribution is 0.221. The van der Waals surface area contributed by atoms with E-state index in [2.05, 4.69) is 70.9 Å². The number of phenols is 1. The van der Waals surface area contributed by atoms with Crippen molar-refractivity contribution in [2.75, 3.05) is 31.1 Å². The molecule has 3 aromatic rings. The van der Waals surface area contributed by atoms with Crippen molar-refractivity contribution < 1.29 is 5.11 Å². The monoisotopic (exact) mass is 480 g/mol. The van der Waals surface area contributed by atoms with Gasteiger partial charge in [0, 0.05) is 24.7 Å². The molecule has 0 aromatic heterocycles. The largest absolute Gasteiger partial charge is 0.508 e. The minimum atomic E-state index is 0.316. The molecule has 2 fully saturated rings. The average Bonchev–Trinajstić information content (AvgIpc) is 3.29. The number of aromatic hydroxyl groups is 1. The molecule has 3 heteroatoms. The molecule has 2 saturated heterocycles. The Kier molecular flexibility index (Phi) is 6.75. The van der Waals surface area contributed by atoms with Crippen LogP contribution in [0.3, 0.4) is 0 Å². The summed E-state index contributed by atoms with van der Waals surface area (Å²) in [6.07, 6.45) is 10.2. The predicted molar refractivity (Wildman–Crippen MR) is 149 cm³/mol. The highest BCUT2D eigenvalue weighted by Crippen LogP contribution is 2.47. The maximum Gasteiger partial charge on any atom is 0.115 e. The van der Waals surface area contributed by atoms with Crippen molar-refractivity contribution in [2.45, 2.75) is 63.2 Å². The molecule has 6 rings (SSSR count). The molecule has 36 heavy (non-hydrogen) atoms. The summed E-state index contributed by atoms with van der Waals surface area (Å²) in [4.78, 5) is 2.64. The number of benzene rings is 3. The number of hydrogen-bond donors (Lipinski definition) is 2. The lowest BCUT2D eigenvalue weighted by Gasteiger charge is -2.35. The van der Waals surface area contributed by atoms with Crippen LogP contribution in [-0.2, 0) is 6.42 Å². The van der Waals surface area contributed by atoms with Gasteiger partial charge in [0.1, 0.15) is 5.75 Å². The summed E-state index contributed by atoms with van der Waals surface area (Å²) in [5.74, 6) is 1.15. The van der Waals surface area contributed by atoms with Gasteiger partial charge in [0.15, 0.2) is 0 Å². The van der Waals surface area contributed by atoms with E-state index in [1.54, 1.807) is 0 Å². The van der Waals surface area contributed by atoms with E-state index in [0.717, 1.165) is 12.8 Å². The summed E-state index contributed by atoms with van der Waals surface area (Å²) in [6, 6.07) is 26.5. The quantitative estimate of drug-likeness (QED) is 0.423. The van der Waals surface area contributed by atoms with E-state index in [-0.39, 0.29) is 0 Å². The van der Waals surface area contributed by atoms with E-state index < -0.39 is 0 Å². The van der Waals surface area contributed by atoms with Gasteiger partial charge in [-0.2, -0.15) is 0 Å². The van der Waals surface area contributed by atoms with Gasteiger partial charge in [-0.15, -0.1) is 0 Å². The summed E-state index contributed by atoms with van der Waals surface area (Å²) in [5.41, 5.74) is 7.41. The van der Waals surface area contributed by atoms with Crippen LogP contribution in [0.2, 0.25) is 0 Å². The van der Waals surface area contributed by atoms with Crippen LogP contribution in [0.4, 0.5) is 5.69 Å². The molecule has 3 nitrogen and oxygen atoms in total. The first-order valence-electron chi connectivity index (χ1n) is 14.1. The Bertz CT molecular complexity index is 1150. The zero-order valence-electron chi connectivity index (χ0n) is 21.5. The smallest absolute Gasteiger partial charge is 0.115 e. The summed E-state index contributed by atoms with van der Waals surface area (Å²) in [5, 5.41) is 13.7. The maximum atomic E-state index is 10.1. The molecule has 3 aliphatic rings. The number of nitrogens with zero attached hydrogens (tertiary/aromatic N) is 1. The number of aryl methyl sites for hydroxylation is 1. The van der Waals surface area contributed by atoms with E-state index in [4.69, 9.17) is 0 Å². The Labute approximate surface area is 216 Å². The van der Waals surface area contributed by atoms with Crippen LogP contribution in [0.15, 0.2) is 72.8 Å². The molecule has 188 valence electrons. The van der Waals surface area contributed by atoms with E-state index in [9.17, 15) is 5.11 Å². The summed E-state index contributed by atoms with van der Waals surface area (Å²) in [6.45, 7) is 4.74. The fourth-order valence-electron chi connectivity index (χ4n) is 7.37. The Morgan fingerprint density at radius 3 is 2.47 bits per heavy atom. The van der Waals surface area contributed by atoms with Crippen LogP contribution in [0, 0.1) is 5.41 Å². The Morgan fingerprint density at radius 1 is 0.778 bits per heavy atom. The van der Waals surface area contributed by atoms with Gasteiger partial charge in [-0.25, -0.2) is 0 Å². The van der Waals surface area contributed by atoms with Crippen LogP contribution >= 0.6 is 0 Å². The second-order valence-corrected chi connectivity index (χ2v) is 11.5. The highest BCUT2D eigenvalue weighted by Gasteiger charge is 2.34. The van der Waals surface area contributed by atoms with Crippen molar-refractivity contribution in [1.82, 2.24) is 5.32 Å². The Hall–Kier alpha value is -2.78. The molecular formula is C33H40N2O. The zero-order chi connectivity index (χ0) is 24.4. The van der Waals surface area contributed by atoms with Gasteiger partial charge in [0.2, 0.25) is 0 Å². The van der Waals surface area contributed by atoms with Gasteiger partial charge in [-0.3, -0.25) is 0 Å². The average molecular weight is 481 g/mol. The third-order valence-corrected chi connectivity index (χ3v) is 9.37.